The van der Waals surface area contributed by atoms with Gasteiger partial charge in [-0.25, -0.2) is 15.0 Å². The van der Waals surface area contributed by atoms with Crippen LogP contribution in [0.25, 0.3) is 22.6 Å². The molecule has 0 saturated carbocycles. The molecule has 5 rings (SSSR count). The minimum atomic E-state index is -1.39. The zero-order valence-corrected chi connectivity index (χ0v) is 18.4. The maximum atomic E-state index is 12.1. The lowest BCUT2D eigenvalue weighted by atomic mass is 10.1. The quantitative estimate of drug-likeness (QED) is 0.336. The van der Waals surface area contributed by atoms with Gasteiger partial charge in [-0.2, -0.15) is 11.3 Å². The second kappa shape index (κ2) is 8.87. The summed E-state index contributed by atoms with van der Waals surface area (Å²) in [7, 11) is 1.44. The van der Waals surface area contributed by atoms with E-state index in [1.807, 2.05) is 47.2 Å². The molecule has 1 saturated heterocycles. The number of thiophene rings is 1. The summed E-state index contributed by atoms with van der Waals surface area (Å²) in [5.74, 6) is 0.490. The zero-order chi connectivity index (χ0) is 22.9. The summed E-state index contributed by atoms with van der Waals surface area (Å²) < 4.78 is 7.25. The highest BCUT2D eigenvalue weighted by Gasteiger charge is 2.47. The molecule has 0 bridgehead atoms. The van der Waals surface area contributed by atoms with Crippen molar-refractivity contribution in [2.24, 2.45) is 0 Å². The van der Waals surface area contributed by atoms with Crippen LogP contribution in [0.5, 0.6) is 0 Å². The fraction of sp³-hybridized carbons (Fsp3) is 0.273. The third kappa shape index (κ3) is 3.95. The van der Waals surface area contributed by atoms with E-state index in [9.17, 15) is 15.0 Å². The molecule has 1 aliphatic heterocycles. The van der Waals surface area contributed by atoms with Crippen LogP contribution in [-0.2, 0) is 16.1 Å². The van der Waals surface area contributed by atoms with Crippen LogP contribution in [0.2, 0.25) is 0 Å². The third-order valence-electron chi connectivity index (χ3n) is 5.52. The van der Waals surface area contributed by atoms with Crippen molar-refractivity contribution in [2.45, 2.75) is 31.1 Å². The van der Waals surface area contributed by atoms with E-state index in [0.717, 1.165) is 11.1 Å². The number of nitrogens with one attached hydrogen (secondary N) is 2. The Hall–Kier alpha value is -3.38. The molecule has 4 unspecified atom stereocenters. The minimum Gasteiger partial charge on any atom is -0.387 e. The molecule has 170 valence electrons. The molecule has 3 aromatic heterocycles. The summed E-state index contributed by atoms with van der Waals surface area (Å²) in [5, 5.41) is 30.6. The number of hydrogen-bond donors (Lipinski definition) is 4. The monoisotopic (exact) mass is 466 g/mol. The average Bonchev–Trinajstić information content (AvgIpc) is 3.58. The highest BCUT2D eigenvalue weighted by molar-refractivity contribution is 7.08. The number of nitrogens with zero attached hydrogens (tertiary/aromatic N) is 4. The van der Waals surface area contributed by atoms with E-state index in [4.69, 9.17) is 4.74 Å². The zero-order valence-electron chi connectivity index (χ0n) is 17.6. The van der Waals surface area contributed by atoms with E-state index in [0.29, 0.717) is 29.4 Å². The SMILES string of the molecule is CNC(=O)C1OC(n2cnc3c(NCc4ccccc4)nc(-c4ccsc4)nc32)C(O)C1O. The Balaban J connectivity index is 1.56. The van der Waals surface area contributed by atoms with Crippen molar-refractivity contribution >= 4 is 34.2 Å². The van der Waals surface area contributed by atoms with Gasteiger partial charge in [0.25, 0.3) is 5.91 Å². The van der Waals surface area contributed by atoms with Crippen LogP contribution in [-0.4, -0.2) is 61.0 Å². The maximum absolute atomic E-state index is 12.1. The van der Waals surface area contributed by atoms with Crippen LogP contribution in [0.1, 0.15) is 11.8 Å². The standard InChI is InChI=1S/C22H22N6O4S/c1-23-21(31)17-15(29)16(30)22(32-17)28-11-25-14-19(24-9-12-5-3-2-4-6-12)26-18(27-20(14)28)13-7-8-33-10-13/h2-8,10-11,15-17,22,29-30H,9H2,1H3,(H,23,31)(H,24,26,27). The Kier molecular flexibility index (Phi) is 5.77. The molecule has 1 aliphatic rings. The number of benzene rings is 1. The predicted molar refractivity (Wildman–Crippen MR) is 122 cm³/mol. The molecule has 4 heterocycles. The van der Waals surface area contributed by atoms with E-state index < -0.39 is 30.4 Å². The number of carbonyl (C=O) groups excluding carboxylic acids is 1. The van der Waals surface area contributed by atoms with Crippen LogP contribution >= 0.6 is 11.3 Å². The third-order valence-corrected chi connectivity index (χ3v) is 6.20. The van der Waals surface area contributed by atoms with Gasteiger partial charge in [0.2, 0.25) is 0 Å². The molecule has 33 heavy (non-hydrogen) atoms. The van der Waals surface area contributed by atoms with Crippen molar-refractivity contribution in [1.82, 2.24) is 24.8 Å². The van der Waals surface area contributed by atoms with Gasteiger partial charge in [0.05, 0.1) is 6.33 Å². The molecule has 4 aromatic rings. The van der Waals surface area contributed by atoms with Crippen LogP contribution in [0.3, 0.4) is 0 Å². The van der Waals surface area contributed by atoms with Crippen molar-refractivity contribution in [1.29, 1.82) is 0 Å². The van der Waals surface area contributed by atoms with Gasteiger partial charge < -0.3 is 25.6 Å². The Bertz CT molecular complexity index is 1260. The van der Waals surface area contributed by atoms with Crippen molar-refractivity contribution < 1.29 is 19.7 Å². The van der Waals surface area contributed by atoms with E-state index in [2.05, 4.69) is 25.6 Å². The normalized spacial score (nSPS) is 22.5. The number of aromatic nitrogens is 4. The van der Waals surface area contributed by atoms with E-state index in [1.54, 1.807) is 0 Å². The summed E-state index contributed by atoms with van der Waals surface area (Å²) in [6.45, 7) is 0.531. The van der Waals surface area contributed by atoms with Crippen LogP contribution < -0.4 is 10.6 Å². The first-order valence-electron chi connectivity index (χ1n) is 10.3. The molecule has 11 heteroatoms. The molecule has 0 spiro atoms. The van der Waals surface area contributed by atoms with Crippen LogP contribution in [0, 0.1) is 0 Å². The molecule has 1 aromatic carbocycles. The Morgan fingerprint density at radius 3 is 2.73 bits per heavy atom. The average molecular weight is 467 g/mol. The number of aliphatic hydroxyl groups excluding tert-OH is 2. The number of anilines is 1. The molecular formula is C22H22N6O4S. The van der Waals surface area contributed by atoms with E-state index in [1.165, 1.54) is 29.3 Å². The smallest absolute Gasteiger partial charge is 0.251 e. The molecule has 1 fully saturated rings. The predicted octanol–water partition coefficient (Wildman–Crippen LogP) is 1.53. The Morgan fingerprint density at radius 1 is 1.18 bits per heavy atom. The second-order valence-electron chi connectivity index (χ2n) is 7.61. The molecule has 1 amide bonds. The number of hydrogen-bond acceptors (Lipinski definition) is 9. The fourth-order valence-corrected chi connectivity index (χ4v) is 4.41. The number of aliphatic hydroxyl groups is 2. The van der Waals surface area contributed by atoms with Crippen molar-refractivity contribution in [3.8, 4) is 11.4 Å². The minimum absolute atomic E-state index is 0.413. The van der Waals surface area contributed by atoms with Gasteiger partial charge in [-0.15, -0.1) is 0 Å². The molecule has 4 N–H and O–H groups in total. The molecule has 0 radical (unpaired) electrons. The lowest BCUT2D eigenvalue weighted by Gasteiger charge is -2.17. The highest BCUT2D eigenvalue weighted by Crippen LogP contribution is 2.34. The lowest BCUT2D eigenvalue weighted by Crippen LogP contribution is -2.41. The first kappa shape index (κ1) is 21.5. The Morgan fingerprint density at radius 2 is 2.00 bits per heavy atom. The summed E-state index contributed by atoms with van der Waals surface area (Å²) in [6, 6.07) is 11.8. The second-order valence-corrected chi connectivity index (χ2v) is 8.39. The number of imidazole rings is 1. The Labute approximate surface area is 192 Å². The topological polar surface area (TPSA) is 134 Å². The van der Waals surface area contributed by atoms with Gasteiger partial charge in [-0.3, -0.25) is 9.36 Å². The number of ether oxygens (including phenoxy) is 1. The highest BCUT2D eigenvalue weighted by atomic mass is 32.1. The molecular weight excluding hydrogens is 444 g/mol. The fourth-order valence-electron chi connectivity index (χ4n) is 3.78. The number of amides is 1. The first-order valence-corrected chi connectivity index (χ1v) is 11.3. The summed E-state index contributed by atoms with van der Waals surface area (Å²) in [4.78, 5) is 25.9. The molecule has 10 nitrogen and oxygen atoms in total. The van der Waals surface area contributed by atoms with Crippen LogP contribution in [0.4, 0.5) is 5.82 Å². The van der Waals surface area contributed by atoms with Gasteiger partial charge >= 0.3 is 0 Å². The number of likely N-dealkylation sites (N-methyl/N-ethyl adjacent to an activating group) is 1. The lowest BCUT2D eigenvalue weighted by molar-refractivity contribution is -0.137. The van der Waals surface area contributed by atoms with Crippen molar-refractivity contribution in [3.63, 3.8) is 0 Å². The van der Waals surface area contributed by atoms with E-state index >= 15 is 0 Å². The van der Waals surface area contributed by atoms with Gasteiger partial charge in [0.15, 0.2) is 35.1 Å². The first-order chi connectivity index (χ1) is 16.1. The number of rotatable bonds is 6. The molecule has 4 atom stereocenters. The van der Waals surface area contributed by atoms with E-state index in [-0.39, 0.29) is 0 Å². The maximum Gasteiger partial charge on any atom is 0.251 e. The largest absolute Gasteiger partial charge is 0.387 e. The summed E-state index contributed by atoms with van der Waals surface area (Å²) in [6.07, 6.45) is -3.51. The number of carbonyl (C=O) groups is 1. The van der Waals surface area contributed by atoms with Gasteiger partial charge in [0, 0.05) is 24.5 Å². The van der Waals surface area contributed by atoms with Gasteiger partial charge in [-0.1, -0.05) is 30.3 Å². The van der Waals surface area contributed by atoms with Crippen LogP contribution in [0.15, 0.2) is 53.5 Å². The van der Waals surface area contributed by atoms with Crippen molar-refractivity contribution in [3.05, 3.63) is 59.0 Å². The number of fused-ring (bicyclic) bond motifs is 1. The summed E-state index contributed by atoms with van der Waals surface area (Å²) >= 11 is 1.53. The molecule has 0 aliphatic carbocycles. The summed E-state index contributed by atoms with van der Waals surface area (Å²) in [5.41, 5.74) is 2.81. The van der Waals surface area contributed by atoms with Crippen molar-refractivity contribution in [2.75, 3.05) is 12.4 Å². The van der Waals surface area contributed by atoms with Gasteiger partial charge in [-0.05, 0) is 17.0 Å². The van der Waals surface area contributed by atoms with Gasteiger partial charge in [0.1, 0.15) is 12.2 Å².